The average molecular weight is 321 g/mol. The van der Waals surface area contributed by atoms with E-state index in [9.17, 15) is 4.79 Å². The van der Waals surface area contributed by atoms with Gasteiger partial charge in [-0.3, -0.25) is 4.79 Å². The van der Waals surface area contributed by atoms with Gasteiger partial charge in [-0.2, -0.15) is 11.3 Å². The Labute approximate surface area is 132 Å². The number of piperidine rings is 1. The third-order valence-electron chi connectivity index (χ3n) is 4.10. The summed E-state index contributed by atoms with van der Waals surface area (Å²) < 4.78 is 0. The van der Waals surface area contributed by atoms with Crippen molar-refractivity contribution in [2.45, 2.75) is 25.8 Å². The van der Waals surface area contributed by atoms with E-state index in [0.29, 0.717) is 17.3 Å². The Hall–Kier alpha value is -1.24. The first-order valence-electron chi connectivity index (χ1n) is 7.20. The molecule has 0 radical (unpaired) electrons. The number of carbonyl (C=O) groups excluding carboxylic acids is 1. The molecule has 2 N–H and O–H groups in total. The van der Waals surface area contributed by atoms with Crippen LogP contribution in [0.25, 0.3) is 10.6 Å². The number of aromatic nitrogens is 1. The Morgan fingerprint density at radius 3 is 3.14 bits per heavy atom. The van der Waals surface area contributed by atoms with Crippen LogP contribution in [0.15, 0.2) is 23.0 Å². The van der Waals surface area contributed by atoms with Crippen molar-refractivity contribution in [3.8, 4) is 10.6 Å². The van der Waals surface area contributed by atoms with Gasteiger partial charge in [0.25, 0.3) is 5.91 Å². The van der Waals surface area contributed by atoms with Crippen molar-refractivity contribution in [1.29, 1.82) is 0 Å². The lowest BCUT2D eigenvalue weighted by Crippen LogP contribution is -2.51. The van der Waals surface area contributed by atoms with Crippen molar-refractivity contribution in [3.63, 3.8) is 0 Å². The van der Waals surface area contributed by atoms with Crippen LogP contribution in [0.5, 0.6) is 0 Å². The topological polar surface area (TPSA) is 59.2 Å². The van der Waals surface area contributed by atoms with Crippen LogP contribution in [-0.2, 0) is 0 Å². The second-order valence-corrected chi connectivity index (χ2v) is 7.27. The number of hydrogen-bond donors (Lipinski definition) is 1. The van der Waals surface area contributed by atoms with Gasteiger partial charge < -0.3 is 10.6 Å². The Balaban J connectivity index is 1.81. The SMILES string of the molecule is C[C@H]1CCCN(C(=O)c2cnc(-c3ccsc3)s2)[C@H]1CN. The van der Waals surface area contributed by atoms with Crippen LogP contribution >= 0.6 is 22.7 Å². The number of nitrogens with two attached hydrogens (primary N) is 1. The smallest absolute Gasteiger partial charge is 0.265 e. The summed E-state index contributed by atoms with van der Waals surface area (Å²) in [7, 11) is 0. The monoisotopic (exact) mass is 321 g/mol. The summed E-state index contributed by atoms with van der Waals surface area (Å²) in [6.07, 6.45) is 3.90. The van der Waals surface area contributed by atoms with Crippen molar-refractivity contribution in [1.82, 2.24) is 9.88 Å². The largest absolute Gasteiger partial charge is 0.333 e. The molecule has 1 fully saturated rings. The van der Waals surface area contributed by atoms with Gasteiger partial charge in [-0.25, -0.2) is 4.98 Å². The lowest BCUT2D eigenvalue weighted by Gasteiger charge is -2.39. The Kier molecular flexibility index (Phi) is 4.37. The summed E-state index contributed by atoms with van der Waals surface area (Å²) in [6, 6.07) is 2.18. The average Bonchev–Trinajstić information content (AvgIpc) is 3.16. The number of carbonyl (C=O) groups is 1. The lowest BCUT2D eigenvalue weighted by atomic mass is 9.90. The molecule has 0 unspecified atom stereocenters. The summed E-state index contributed by atoms with van der Waals surface area (Å²) in [4.78, 5) is 19.8. The van der Waals surface area contributed by atoms with Crippen molar-refractivity contribution in [3.05, 3.63) is 27.9 Å². The molecule has 1 aliphatic heterocycles. The molecule has 0 saturated carbocycles. The number of amides is 1. The van der Waals surface area contributed by atoms with E-state index in [1.54, 1.807) is 17.5 Å². The van der Waals surface area contributed by atoms with Crippen molar-refractivity contribution in [2.24, 2.45) is 11.7 Å². The third kappa shape index (κ3) is 2.88. The Morgan fingerprint density at radius 1 is 1.57 bits per heavy atom. The summed E-state index contributed by atoms with van der Waals surface area (Å²) >= 11 is 3.11. The lowest BCUT2D eigenvalue weighted by molar-refractivity contribution is 0.0537. The molecule has 21 heavy (non-hydrogen) atoms. The molecule has 2 atom stereocenters. The van der Waals surface area contributed by atoms with Crippen molar-refractivity contribution >= 4 is 28.6 Å². The molecule has 0 aromatic carbocycles. The summed E-state index contributed by atoms with van der Waals surface area (Å²) in [5, 5.41) is 4.99. The fourth-order valence-electron chi connectivity index (χ4n) is 2.89. The number of likely N-dealkylation sites (tertiary alicyclic amines) is 1. The molecule has 2 aromatic rings. The van der Waals surface area contributed by atoms with E-state index in [1.165, 1.54) is 11.3 Å². The normalized spacial score (nSPS) is 22.5. The molecule has 6 heteroatoms. The van der Waals surface area contributed by atoms with E-state index in [-0.39, 0.29) is 11.9 Å². The molecular formula is C15H19N3OS2. The summed E-state index contributed by atoms with van der Waals surface area (Å²) in [6.45, 7) is 3.51. The zero-order valence-electron chi connectivity index (χ0n) is 12.0. The van der Waals surface area contributed by atoms with E-state index < -0.39 is 0 Å². The van der Waals surface area contributed by atoms with Gasteiger partial charge in [0.15, 0.2) is 0 Å². The molecule has 1 aliphatic rings. The summed E-state index contributed by atoms with van der Waals surface area (Å²) in [5.41, 5.74) is 6.97. The highest BCUT2D eigenvalue weighted by molar-refractivity contribution is 7.17. The van der Waals surface area contributed by atoms with Crippen LogP contribution < -0.4 is 5.73 Å². The predicted octanol–water partition coefficient (Wildman–Crippen LogP) is 3.07. The van der Waals surface area contributed by atoms with Gasteiger partial charge >= 0.3 is 0 Å². The number of rotatable bonds is 3. The van der Waals surface area contributed by atoms with E-state index in [2.05, 4.69) is 17.3 Å². The van der Waals surface area contributed by atoms with Crippen LogP contribution in [-0.4, -0.2) is 34.9 Å². The van der Waals surface area contributed by atoms with Gasteiger partial charge in [-0.1, -0.05) is 6.92 Å². The number of hydrogen-bond acceptors (Lipinski definition) is 5. The van der Waals surface area contributed by atoms with Crippen LogP contribution in [0, 0.1) is 5.92 Å². The molecule has 112 valence electrons. The molecular weight excluding hydrogens is 302 g/mol. The Bertz CT molecular complexity index is 608. The molecule has 3 heterocycles. The predicted molar refractivity (Wildman–Crippen MR) is 87.7 cm³/mol. The van der Waals surface area contributed by atoms with Gasteiger partial charge in [0, 0.05) is 30.1 Å². The molecule has 0 spiro atoms. The molecule has 4 nitrogen and oxygen atoms in total. The minimum Gasteiger partial charge on any atom is -0.333 e. The molecule has 0 aliphatic carbocycles. The first-order valence-corrected chi connectivity index (χ1v) is 8.96. The fraction of sp³-hybridized carbons (Fsp3) is 0.467. The molecule has 1 saturated heterocycles. The van der Waals surface area contributed by atoms with E-state index in [4.69, 9.17) is 5.73 Å². The molecule has 0 bridgehead atoms. The maximum absolute atomic E-state index is 12.7. The standard InChI is InChI=1S/C15H19N3OS2/c1-10-3-2-5-18(12(10)7-16)15(19)13-8-17-14(21-13)11-4-6-20-9-11/h4,6,8-10,12H,2-3,5,7,16H2,1H3/t10-,12-/m0/s1. The van der Waals surface area contributed by atoms with Gasteiger partial charge in [0.05, 0.1) is 6.20 Å². The Morgan fingerprint density at radius 2 is 2.43 bits per heavy atom. The first kappa shape index (κ1) is 14.7. The number of nitrogens with zero attached hydrogens (tertiary/aromatic N) is 2. The van der Waals surface area contributed by atoms with Crippen molar-refractivity contribution < 1.29 is 4.79 Å². The quantitative estimate of drug-likeness (QED) is 0.945. The number of thiazole rings is 1. The maximum Gasteiger partial charge on any atom is 0.265 e. The summed E-state index contributed by atoms with van der Waals surface area (Å²) in [5.74, 6) is 0.549. The van der Waals surface area contributed by atoms with Crippen molar-refractivity contribution in [2.75, 3.05) is 13.1 Å². The second-order valence-electron chi connectivity index (χ2n) is 5.46. The number of thiophene rings is 1. The molecule has 1 amide bonds. The molecule has 3 rings (SSSR count). The first-order chi connectivity index (χ1) is 10.2. The minimum atomic E-state index is 0.0796. The van der Waals surface area contributed by atoms with Crippen LogP contribution in [0.2, 0.25) is 0 Å². The van der Waals surface area contributed by atoms with E-state index in [1.807, 2.05) is 16.3 Å². The zero-order valence-corrected chi connectivity index (χ0v) is 13.6. The van der Waals surface area contributed by atoms with Crippen LogP contribution in [0.4, 0.5) is 0 Å². The van der Waals surface area contributed by atoms with Gasteiger partial charge in [0.1, 0.15) is 9.88 Å². The van der Waals surface area contributed by atoms with Crippen LogP contribution in [0.3, 0.4) is 0 Å². The highest BCUT2D eigenvalue weighted by atomic mass is 32.1. The maximum atomic E-state index is 12.7. The molecule has 2 aromatic heterocycles. The highest BCUT2D eigenvalue weighted by Crippen LogP contribution is 2.30. The van der Waals surface area contributed by atoms with E-state index >= 15 is 0 Å². The third-order valence-corrected chi connectivity index (χ3v) is 5.82. The van der Waals surface area contributed by atoms with Gasteiger partial charge in [0.2, 0.25) is 0 Å². The van der Waals surface area contributed by atoms with Gasteiger partial charge in [-0.05, 0) is 30.2 Å². The van der Waals surface area contributed by atoms with E-state index in [0.717, 1.165) is 30.0 Å². The zero-order chi connectivity index (χ0) is 14.8. The fourth-order valence-corrected chi connectivity index (χ4v) is 4.48. The second kappa shape index (κ2) is 6.25. The highest BCUT2D eigenvalue weighted by Gasteiger charge is 2.32. The van der Waals surface area contributed by atoms with Crippen LogP contribution in [0.1, 0.15) is 29.4 Å². The minimum absolute atomic E-state index is 0.0796. The van der Waals surface area contributed by atoms with Gasteiger partial charge in [-0.15, -0.1) is 11.3 Å².